The number of terminal acetylenes is 1. The van der Waals surface area contributed by atoms with Gasteiger partial charge in [0.2, 0.25) is 0 Å². The first-order valence-electron chi connectivity index (χ1n) is 6.72. The van der Waals surface area contributed by atoms with Crippen LogP contribution in [-0.2, 0) is 6.42 Å². The third-order valence-electron chi connectivity index (χ3n) is 3.32. The number of amides is 1. The summed E-state index contributed by atoms with van der Waals surface area (Å²) in [5.41, 5.74) is 0.789. The quantitative estimate of drug-likeness (QED) is 0.866. The van der Waals surface area contributed by atoms with Crippen LogP contribution < -0.4 is 4.74 Å². The van der Waals surface area contributed by atoms with Crippen molar-refractivity contribution in [1.82, 2.24) is 4.90 Å². The van der Waals surface area contributed by atoms with E-state index in [1.54, 1.807) is 20.2 Å². The summed E-state index contributed by atoms with van der Waals surface area (Å²) in [6.07, 6.45) is 5.39. The second-order valence-electron chi connectivity index (χ2n) is 5.02. The SMILES string of the molecule is C#Cc1c(F)cc(O)c2cc(OC(=O)N(C)C)cc(CC)c12. The van der Waals surface area contributed by atoms with E-state index in [4.69, 9.17) is 11.2 Å². The van der Waals surface area contributed by atoms with Crippen LogP contribution in [0.1, 0.15) is 18.1 Å². The average molecular weight is 301 g/mol. The molecule has 0 atom stereocenters. The van der Waals surface area contributed by atoms with Gasteiger partial charge in [0.05, 0.1) is 5.56 Å². The Labute approximate surface area is 128 Å². The van der Waals surface area contributed by atoms with Crippen LogP contribution >= 0.6 is 0 Å². The van der Waals surface area contributed by atoms with Gasteiger partial charge in [-0.3, -0.25) is 0 Å². The lowest BCUT2D eigenvalue weighted by Crippen LogP contribution is -2.25. The minimum absolute atomic E-state index is 0.0927. The van der Waals surface area contributed by atoms with E-state index >= 15 is 0 Å². The molecule has 0 aliphatic carbocycles. The fourth-order valence-corrected chi connectivity index (χ4v) is 2.23. The van der Waals surface area contributed by atoms with Gasteiger partial charge in [0, 0.05) is 30.9 Å². The van der Waals surface area contributed by atoms with Crippen molar-refractivity contribution in [2.45, 2.75) is 13.3 Å². The highest BCUT2D eigenvalue weighted by molar-refractivity contribution is 5.97. The van der Waals surface area contributed by atoms with Crippen LogP contribution in [-0.4, -0.2) is 30.2 Å². The average Bonchev–Trinajstić information content (AvgIpc) is 2.47. The lowest BCUT2D eigenvalue weighted by molar-refractivity contribution is 0.172. The van der Waals surface area contributed by atoms with Gasteiger partial charge < -0.3 is 14.7 Å². The zero-order valence-electron chi connectivity index (χ0n) is 12.6. The number of rotatable bonds is 2. The van der Waals surface area contributed by atoms with E-state index in [9.17, 15) is 14.3 Å². The molecule has 114 valence electrons. The predicted molar refractivity (Wildman–Crippen MR) is 82.6 cm³/mol. The number of carbonyl (C=O) groups is 1. The molecule has 0 saturated carbocycles. The van der Waals surface area contributed by atoms with Crippen molar-refractivity contribution >= 4 is 16.9 Å². The highest BCUT2D eigenvalue weighted by Gasteiger charge is 2.16. The van der Waals surface area contributed by atoms with Crippen molar-refractivity contribution in [1.29, 1.82) is 0 Å². The molecule has 2 aromatic carbocycles. The van der Waals surface area contributed by atoms with Crippen molar-refractivity contribution in [2.24, 2.45) is 0 Å². The van der Waals surface area contributed by atoms with E-state index < -0.39 is 11.9 Å². The zero-order valence-corrected chi connectivity index (χ0v) is 12.6. The van der Waals surface area contributed by atoms with E-state index in [0.29, 0.717) is 22.8 Å². The maximum atomic E-state index is 13.9. The number of halogens is 1. The minimum atomic E-state index is -0.653. The molecular formula is C17H16FNO3. The van der Waals surface area contributed by atoms with Crippen LogP contribution in [0.2, 0.25) is 0 Å². The molecule has 0 aromatic heterocycles. The second kappa shape index (κ2) is 5.94. The number of hydrogen-bond donors (Lipinski definition) is 1. The van der Waals surface area contributed by atoms with Gasteiger partial charge in [0.25, 0.3) is 0 Å². The minimum Gasteiger partial charge on any atom is -0.507 e. The van der Waals surface area contributed by atoms with Crippen molar-refractivity contribution in [3.8, 4) is 23.8 Å². The zero-order chi connectivity index (χ0) is 16.4. The molecule has 1 amide bonds. The number of aromatic hydroxyl groups is 1. The van der Waals surface area contributed by atoms with Gasteiger partial charge in [-0.05, 0) is 24.1 Å². The summed E-state index contributed by atoms with van der Waals surface area (Å²) >= 11 is 0. The molecule has 2 rings (SSSR count). The maximum Gasteiger partial charge on any atom is 0.414 e. The molecule has 0 heterocycles. The van der Waals surface area contributed by atoms with Crippen LogP contribution in [0.4, 0.5) is 9.18 Å². The van der Waals surface area contributed by atoms with Gasteiger partial charge in [-0.15, -0.1) is 6.42 Å². The third kappa shape index (κ3) is 2.68. The number of aryl methyl sites for hydroxylation is 1. The monoisotopic (exact) mass is 301 g/mol. The van der Waals surface area contributed by atoms with Gasteiger partial charge >= 0.3 is 6.09 Å². The summed E-state index contributed by atoms with van der Waals surface area (Å²) < 4.78 is 19.1. The predicted octanol–water partition coefficient (Wildman–Crippen LogP) is 3.29. The van der Waals surface area contributed by atoms with Crippen LogP contribution in [0, 0.1) is 18.2 Å². The fourth-order valence-electron chi connectivity index (χ4n) is 2.23. The van der Waals surface area contributed by atoms with E-state index in [-0.39, 0.29) is 17.1 Å². The summed E-state index contributed by atoms with van der Waals surface area (Å²) in [6.45, 7) is 1.87. The first-order valence-corrected chi connectivity index (χ1v) is 6.72. The van der Waals surface area contributed by atoms with E-state index in [1.165, 1.54) is 11.0 Å². The highest BCUT2D eigenvalue weighted by atomic mass is 19.1. The summed E-state index contributed by atoms with van der Waals surface area (Å²) in [6, 6.07) is 4.07. The van der Waals surface area contributed by atoms with Gasteiger partial charge in [-0.2, -0.15) is 0 Å². The number of benzene rings is 2. The number of nitrogens with zero attached hydrogens (tertiary/aromatic N) is 1. The Hall–Kier alpha value is -2.74. The normalized spacial score (nSPS) is 10.3. The summed E-state index contributed by atoms with van der Waals surface area (Å²) in [4.78, 5) is 12.9. The van der Waals surface area contributed by atoms with Gasteiger partial charge in [-0.25, -0.2) is 9.18 Å². The smallest absolute Gasteiger partial charge is 0.414 e. The summed E-state index contributed by atoms with van der Waals surface area (Å²) in [5.74, 6) is 1.69. The molecule has 0 fully saturated rings. The van der Waals surface area contributed by atoms with Gasteiger partial charge in [0.15, 0.2) is 0 Å². The largest absolute Gasteiger partial charge is 0.507 e. The number of fused-ring (bicyclic) bond motifs is 1. The summed E-state index contributed by atoms with van der Waals surface area (Å²) in [7, 11) is 3.13. The lowest BCUT2D eigenvalue weighted by atomic mass is 9.96. The van der Waals surface area contributed by atoms with Crippen molar-refractivity contribution in [2.75, 3.05) is 14.1 Å². The Balaban J connectivity index is 2.72. The Morgan fingerprint density at radius 2 is 2.09 bits per heavy atom. The molecule has 0 saturated heterocycles. The van der Waals surface area contributed by atoms with Crippen molar-refractivity contribution in [3.05, 3.63) is 35.1 Å². The number of phenols is 1. The Morgan fingerprint density at radius 1 is 1.41 bits per heavy atom. The van der Waals surface area contributed by atoms with E-state index in [1.807, 2.05) is 6.92 Å². The first-order chi connectivity index (χ1) is 10.4. The molecule has 2 aromatic rings. The Morgan fingerprint density at radius 3 is 2.64 bits per heavy atom. The van der Waals surface area contributed by atoms with Crippen LogP contribution in [0.25, 0.3) is 10.8 Å². The van der Waals surface area contributed by atoms with Crippen LogP contribution in [0.5, 0.6) is 11.5 Å². The molecule has 0 aliphatic rings. The molecular weight excluding hydrogens is 285 g/mol. The Bertz CT molecular complexity index is 791. The first kappa shape index (κ1) is 15.6. The standard InChI is InChI=1S/C17H16FNO3/c1-5-10-7-11(22-17(21)19(3)4)8-13-15(20)9-14(18)12(6-2)16(10)13/h2,7-9,20H,5H2,1,3-4H3. The van der Waals surface area contributed by atoms with Gasteiger partial charge in [0.1, 0.15) is 17.3 Å². The van der Waals surface area contributed by atoms with Crippen molar-refractivity contribution < 1.29 is 19.0 Å². The molecule has 0 bridgehead atoms. The number of hydrogen-bond acceptors (Lipinski definition) is 3. The molecule has 22 heavy (non-hydrogen) atoms. The number of phenolic OH excluding ortho intramolecular Hbond substituents is 1. The molecule has 5 heteroatoms. The molecule has 0 aliphatic heterocycles. The fraction of sp³-hybridized carbons (Fsp3) is 0.235. The molecule has 0 unspecified atom stereocenters. The van der Waals surface area contributed by atoms with Crippen LogP contribution in [0.3, 0.4) is 0 Å². The lowest BCUT2D eigenvalue weighted by Gasteiger charge is -2.15. The molecule has 4 nitrogen and oxygen atoms in total. The topological polar surface area (TPSA) is 49.8 Å². The molecule has 0 radical (unpaired) electrons. The second-order valence-corrected chi connectivity index (χ2v) is 5.02. The molecule has 1 N–H and O–H groups in total. The van der Waals surface area contributed by atoms with E-state index in [2.05, 4.69) is 5.92 Å². The summed E-state index contributed by atoms with van der Waals surface area (Å²) in [5, 5.41) is 10.8. The Kier molecular flexibility index (Phi) is 4.22. The maximum absolute atomic E-state index is 13.9. The van der Waals surface area contributed by atoms with Crippen LogP contribution in [0.15, 0.2) is 18.2 Å². The van der Waals surface area contributed by atoms with Crippen molar-refractivity contribution in [3.63, 3.8) is 0 Å². The molecule has 0 spiro atoms. The number of carbonyl (C=O) groups excluding carboxylic acids is 1. The van der Waals surface area contributed by atoms with Gasteiger partial charge in [-0.1, -0.05) is 12.8 Å². The number of ether oxygens (including phenoxy) is 1. The third-order valence-corrected chi connectivity index (χ3v) is 3.32. The van der Waals surface area contributed by atoms with E-state index in [0.717, 1.165) is 6.07 Å². The highest BCUT2D eigenvalue weighted by Crippen LogP contribution is 2.35.